The summed E-state index contributed by atoms with van der Waals surface area (Å²) in [5, 5.41) is 6.38. The van der Waals surface area contributed by atoms with E-state index in [1.165, 1.54) is 4.31 Å². The summed E-state index contributed by atoms with van der Waals surface area (Å²) in [6.07, 6.45) is 6.92. The highest BCUT2D eigenvalue weighted by Gasteiger charge is 2.45. The van der Waals surface area contributed by atoms with Crippen molar-refractivity contribution in [2.45, 2.75) is 80.5 Å². The molecule has 17 heteroatoms. The molecule has 1 aliphatic carbocycles. The number of rotatable bonds is 9. The normalized spacial score (nSPS) is 21.4. The van der Waals surface area contributed by atoms with E-state index in [4.69, 9.17) is 9.72 Å². The minimum absolute atomic E-state index is 0.0283. The Bertz CT molecular complexity index is 2440. The topological polar surface area (TPSA) is 193 Å². The highest BCUT2D eigenvalue weighted by atomic mass is 32.2. The Labute approximate surface area is 321 Å². The molecule has 2 aromatic carbocycles. The van der Waals surface area contributed by atoms with Gasteiger partial charge in [-0.1, -0.05) is 12.8 Å². The fourth-order valence-electron chi connectivity index (χ4n) is 8.46. The van der Waals surface area contributed by atoms with Crippen molar-refractivity contribution >= 4 is 56.3 Å². The SMILES string of the molecule is O=C1CCC(N2C(=O)c3ccc(N4CC(Oc5ccc(S(=O)(=O)N6CCC(Nc7ncc8ccc(=O)n(C9CCCC9)c8n7)CC6)cc5)C4)cc3C2=O)C(=O)N1. The van der Waals surface area contributed by atoms with Crippen LogP contribution in [-0.4, -0.2) is 100 Å². The van der Waals surface area contributed by atoms with Gasteiger partial charge >= 0.3 is 0 Å². The van der Waals surface area contributed by atoms with Crippen molar-refractivity contribution in [2.24, 2.45) is 0 Å². The van der Waals surface area contributed by atoms with Crippen LogP contribution < -0.4 is 25.8 Å². The van der Waals surface area contributed by atoms with Crippen molar-refractivity contribution in [3.63, 3.8) is 0 Å². The van der Waals surface area contributed by atoms with Crippen molar-refractivity contribution in [1.82, 2.24) is 29.1 Å². The lowest BCUT2D eigenvalue weighted by Crippen LogP contribution is -2.54. The molecule has 290 valence electrons. The molecule has 9 rings (SSSR count). The molecule has 2 aromatic heterocycles. The number of pyridine rings is 1. The number of imide groups is 2. The Kier molecular flexibility index (Phi) is 9.07. The van der Waals surface area contributed by atoms with Gasteiger partial charge in [0.1, 0.15) is 23.5 Å². The van der Waals surface area contributed by atoms with E-state index in [1.54, 1.807) is 65.4 Å². The smallest absolute Gasteiger partial charge is 0.262 e. The van der Waals surface area contributed by atoms with Gasteiger partial charge in [-0.3, -0.25) is 38.8 Å². The van der Waals surface area contributed by atoms with Crippen LogP contribution in [0, 0.1) is 0 Å². The van der Waals surface area contributed by atoms with Gasteiger partial charge in [0, 0.05) is 54.9 Å². The molecule has 5 aliphatic rings. The van der Waals surface area contributed by atoms with Gasteiger partial charge in [0.2, 0.25) is 27.8 Å². The summed E-state index contributed by atoms with van der Waals surface area (Å²) in [4.78, 5) is 75.3. The number of hydrogen-bond acceptors (Lipinski definition) is 12. The van der Waals surface area contributed by atoms with Crippen LogP contribution in [0.4, 0.5) is 11.6 Å². The monoisotopic (exact) mass is 780 g/mol. The standard InChI is InChI=1S/C39H40N8O8S/c48-33-13-12-32(36(50)42-33)47-37(51)30-11-6-26(19-31(30)38(47)52)44-21-28(22-44)55-27-7-9-29(10-8-27)56(53,54)45-17-15-24(16-18-45)41-39-40-20-23-5-14-34(49)46(35(23)43-39)25-3-1-2-4-25/h5-11,14,19-20,24-25,28,32H,1-4,12-13,15-18,21-22H2,(H,40,41,43)(H,42,48,50). The largest absolute Gasteiger partial charge is 0.487 e. The lowest BCUT2D eigenvalue weighted by Gasteiger charge is -2.40. The number of anilines is 2. The average Bonchev–Trinajstić information content (AvgIpc) is 3.79. The van der Waals surface area contributed by atoms with Gasteiger partial charge < -0.3 is 15.0 Å². The van der Waals surface area contributed by atoms with Crippen LogP contribution in [0.2, 0.25) is 0 Å². The molecule has 16 nitrogen and oxygen atoms in total. The summed E-state index contributed by atoms with van der Waals surface area (Å²) >= 11 is 0. The van der Waals surface area contributed by atoms with E-state index < -0.39 is 39.7 Å². The van der Waals surface area contributed by atoms with Crippen LogP contribution in [0.3, 0.4) is 0 Å². The molecule has 6 heterocycles. The van der Waals surface area contributed by atoms with Crippen molar-refractivity contribution < 1.29 is 32.3 Å². The van der Waals surface area contributed by atoms with Crippen molar-refractivity contribution in [3.05, 3.63) is 82.3 Å². The van der Waals surface area contributed by atoms with Gasteiger partial charge in [0.05, 0.1) is 29.1 Å². The first-order chi connectivity index (χ1) is 27.0. The Morgan fingerprint density at radius 3 is 2.29 bits per heavy atom. The summed E-state index contributed by atoms with van der Waals surface area (Å²) in [5.74, 6) is -1.24. The quantitative estimate of drug-likeness (QED) is 0.237. The molecule has 4 fully saturated rings. The van der Waals surface area contributed by atoms with E-state index in [9.17, 15) is 32.4 Å². The number of sulfonamides is 1. The van der Waals surface area contributed by atoms with E-state index >= 15 is 0 Å². The number of ether oxygens (including phenoxy) is 1. The zero-order valence-corrected chi connectivity index (χ0v) is 31.2. The summed E-state index contributed by atoms with van der Waals surface area (Å²) in [6, 6.07) is 13.8. The lowest BCUT2D eigenvalue weighted by atomic mass is 10.0. The van der Waals surface area contributed by atoms with E-state index in [2.05, 4.69) is 15.6 Å². The van der Waals surface area contributed by atoms with E-state index in [-0.39, 0.29) is 52.6 Å². The number of carbonyl (C=O) groups is 4. The van der Waals surface area contributed by atoms with Gasteiger partial charge in [-0.2, -0.15) is 9.29 Å². The molecule has 4 aliphatic heterocycles. The van der Waals surface area contributed by atoms with Crippen LogP contribution in [0.1, 0.15) is 78.1 Å². The zero-order chi connectivity index (χ0) is 38.7. The summed E-state index contributed by atoms with van der Waals surface area (Å²) in [6.45, 7) is 1.67. The number of nitrogens with zero attached hydrogens (tertiary/aromatic N) is 6. The third-order valence-corrected chi connectivity index (χ3v) is 13.5. The molecule has 4 amide bonds. The molecule has 1 saturated carbocycles. The molecular weight excluding hydrogens is 741 g/mol. The molecule has 1 unspecified atom stereocenters. The number of aromatic nitrogens is 3. The average molecular weight is 781 g/mol. The van der Waals surface area contributed by atoms with Gasteiger partial charge in [-0.25, -0.2) is 13.4 Å². The highest BCUT2D eigenvalue weighted by Crippen LogP contribution is 2.34. The first kappa shape index (κ1) is 36.0. The molecule has 3 saturated heterocycles. The Morgan fingerprint density at radius 2 is 1.55 bits per heavy atom. The minimum atomic E-state index is -3.74. The number of carbonyl (C=O) groups excluding carboxylic acids is 4. The fourth-order valence-corrected chi connectivity index (χ4v) is 9.93. The Morgan fingerprint density at radius 1 is 0.821 bits per heavy atom. The maximum absolute atomic E-state index is 13.6. The number of piperidine rings is 2. The maximum Gasteiger partial charge on any atom is 0.262 e. The molecule has 2 N–H and O–H groups in total. The van der Waals surface area contributed by atoms with Crippen LogP contribution in [-0.2, 0) is 19.6 Å². The van der Waals surface area contributed by atoms with Gasteiger partial charge in [-0.15, -0.1) is 0 Å². The van der Waals surface area contributed by atoms with Gasteiger partial charge in [0.15, 0.2) is 0 Å². The van der Waals surface area contributed by atoms with Gasteiger partial charge in [0.25, 0.3) is 17.4 Å². The predicted octanol–water partition coefficient (Wildman–Crippen LogP) is 2.84. The lowest BCUT2D eigenvalue weighted by molar-refractivity contribution is -0.136. The van der Waals surface area contributed by atoms with E-state index in [1.807, 2.05) is 4.90 Å². The maximum atomic E-state index is 13.6. The first-order valence-electron chi connectivity index (χ1n) is 19.1. The molecule has 0 radical (unpaired) electrons. The summed E-state index contributed by atoms with van der Waals surface area (Å²) in [7, 11) is -3.74. The number of hydrogen-bond donors (Lipinski definition) is 2. The first-order valence-corrected chi connectivity index (χ1v) is 20.5. The summed E-state index contributed by atoms with van der Waals surface area (Å²) < 4.78 is 36.6. The number of amides is 4. The Balaban J connectivity index is 0.778. The molecule has 0 spiro atoms. The second-order valence-corrected chi connectivity index (χ2v) is 17.0. The second-order valence-electron chi connectivity index (χ2n) is 15.1. The molecule has 0 bridgehead atoms. The second kappa shape index (κ2) is 14.1. The fraction of sp³-hybridized carbons (Fsp3) is 0.410. The third kappa shape index (κ3) is 6.47. The van der Waals surface area contributed by atoms with E-state index in [0.717, 1.165) is 41.7 Å². The third-order valence-electron chi connectivity index (χ3n) is 11.5. The van der Waals surface area contributed by atoms with E-state index in [0.29, 0.717) is 56.4 Å². The van der Waals surface area contributed by atoms with Crippen molar-refractivity contribution in [3.8, 4) is 5.75 Å². The van der Waals surface area contributed by atoms with Gasteiger partial charge in [-0.05, 0) is 80.6 Å². The van der Waals surface area contributed by atoms with Crippen LogP contribution in [0.15, 0.2) is 70.5 Å². The molecular formula is C39H40N8O8S. The number of fused-ring (bicyclic) bond motifs is 2. The summed E-state index contributed by atoms with van der Waals surface area (Å²) in [5.41, 5.74) is 1.73. The Hall–Kier alpha value is -5.68. The predicted molar refractivity (Wildman–Crippen MR) is 203 cm³/mol. The highest BCUT2D eigenvalue weighted by molar-refractivity contribution is 7.89. The van der Waals surface area contributed by atoms with Crippen LogP contribution in [0.25, 0.3) is 11.0 Å². The molecule has 56 heavy (non-hydrogen) atoms. The van der Waals surface area contributed by atoms with Crippen molar-refractivity contribution in [2.75, 3.05) is 36.4 Å². The zero-order valence-electron chi connectivity index (χ0n) is 30.4. The minimum Gasteiger partial charge on any atom is -0.487 e. The van der Waals surface area contributed by atoms with Crippen molar-refractivity contribution in [1.29, 1.82) is 0 Å². The number of benzene rings is 2. The van der Waals surface area contributed by atoms with Crippen LogP contribution >= 0.6 is 0 Å². The number of nitrogens with one attached hydrogen (secondary N) is 2. The molecule has 4 aromatic rings. The van der Waals surface area contributed by atoms with Crippen LogP contribution in [0.5, 0.6) is 5.75 Å². The molecule has 1 atom stereocenters.